The Morgan fingerprint density at radius 1 is 1.19 bits per heavy atom. The van der Waals surface area contributed by atoms with Crippen LogP contribution in [-0.4, -0.2) is 25.2 Å². The van der Waals surface area contributed by atoms with Crippen LogP contribution < -0.4 is 10.9 Å². The van der Waals surface area contributed by atoms with Crippen molar-refractivity contribution in [2.75, 3.05) is 5.32 Å². The first-order valence-corrected chi connectivity index (χ1v) is 9.58. The molecule has 138 valence electrons. The molecule has 0 unspecified atom stereocenters. The van der Waals surface area contributed by atoms with Gasteiger partial charge in [-0.3, -0.25) is 18.8 Å². The van der Waals surface area contributed by atoms with E-state index >= 15 is 0 Å². The average molecular weight is 363 g/mol. The average Bonchev–Trinajstić information content (AvgIpc) is 3.42. The lowest BCUT2D eigenvalue weighted by molar-refractivity contribution is 0.102. The van der Waals surface area contributed by atoms with Gasteiger partial charge in [0, 0.05) is 24.8 Å². The van der Waals surface area contributed by atoms with Crippen LogP contribution in [0.3, 0.4) is 0 Å². The lowest BCUT2D eigenvalue weighted by Crippen LogP contribution is -2.21. The largest absolute Gasteiger partial charge is 0.322 e. The van der Waals surface area contributed by atoms with Gasteiger partial charge in [-0.15, -0.1) is 0 Å². The van der Waals surface area contributed by atoms with Crippen LogP contribution in [0.15, 0.2) is 35.4 Å². The number of benzene rings is 1. The first-order valence-electron chi connectivity index (χ1n) is 9.58. The molecule has 0 atom stereocenters. The second-order valence-electron chi connectivity index (χ2n) is 7.42. The normalized spacial score (nSPS) is 16.7. The summed E-state index contributed by atoms with van der Waals surface area (Å²) < 4.78 is 3.64. The third kappa shape index (κ3) is 2.83. The molecular weight excluding hydrogens is 342 g/mol. The molecule has 1 N–H and O–H groups in total. The Kier molecular flexibility index (Phi) is 3.81. The Bertz CT molecular complexity index is 1090. The Hall–Kier alpha value is -2.96. The van der Waals surface area contributed by atoms with Crippen molar-refractivity contribution in [2.24, 2.45) is 0 Å². The molecule has 7 heteroatoms. The predicted molar refractivity (Wildman–Crippen MR) is 102 cm³/mol. The van der Waals surface area contributed by atoms with Crippen molar-refractivity contribution in [1.82, 2.24) is 19.3 Å². The lowest BCUT2D eigenvalue weighted by atomic mass is 10.2. The molecule has 2 aromatic heterocycles. The molecular formula is C20H21N5O2. The van der Waals surface area contributed by atoms with Crippen LogP contribution in [0.1, 0.15) is 54.3 Å². The van der Waals surface area contributed by atoms with Gasteiger partial charge >= 0.3 is 0 Å². The van der Waals surface area contributed by atoms with Crippen molar-refractivity contribution in [3.8, 4) is 0 Å². The minimum atomic E-state index is -0.215. The number of aromatic nitrogens is 4. The molecule has 3 aromatic rings. The minimum absolute atomic E-state index is 0.0300. The quantitative estimate of drug-likeness (QED) is 0.776. The lowest BCUT2D eigenvalue weighted by Gasteiger charge is -2.09. The van der Waals surface area contributed by atoms with E-state index in [4.69, 9.17) is 0 Å². The van der Waals surface area contributed by atoms with E-state index in [-0.39, 0.29) is 11.5 Å². The Morgan fingerprint density at radius 3 is 2.89 bits per heavy atom. The van der Waals surface area contributed by atoms with Gasteiger partial charge in [0.05, 0.1) is 28.7 Å². The predicted octanol–water partition coefficient (Wildman–Crippen LogP) is 2.91. The first-order chi connectivity index (χ1) is 13.2. The highest BCUT2D eigenvalue weighted by molar-refractivity contribution is 6.04. The zero-order valence-electron chi connectivity index (χ0n) is 15.0. The molecule has 7 nitrogen and oxygen atoms in total. The number of rotatable bonds is 3. The van der Waals surface area contributed by atoms with Crippen molar-refractivity contribution in [1.29, 1.82) is 0 Å². The molecule has 0 spiro atoms. The van der Waals surface area contributed by atoms with Crippen molar-refractivity contribution in [3.05, 3.63) is 52.3 Å². The topological polar surface area (TPSA) is 81.8 Å². The van der Waals surface area contributed by atoms with Gasteiger partial charge in [0.25, 0.3) is 11.5 Å². The summed E-state index contributed by atoms with van der Waals surface area (Å²) in [5.74, 6) is 0.636. The van der Waals surface area contributed by atoms with E-state index in [2.05, 4.69) is 15.4 Å². The van der Waals surface area contributed by atoms with E-state index in [9.17, 15) is 9.59 Å². The van der Waals surface area contributed by atoms with E-state index in [1.807, 2.05) is 10.9 Å². The number of nitrogens with zero attached hydrogens (tertiary/aromatic N) is 4. The molecule has 27 heavy (non-hydrogen) atoms. The first kappa shape index (κ1) is 16.2. The minimum Gasteiger partial charge on any atom is -0.322 e. The SMILES string of the molecule is O=C(Nc1ccc2nc3n(c(=O)c2c1)CCC3)c1cnn(C2CCCC2)c1. The molecule has 1 saturated carbocycles. The van der Waals surface area contributed by atoms with Crippen LogP contribution in [0.4, 0.5) is 5.69 Å². The molecule has 5 rings (SSSR count). The molecule has 1 aliphatic carbocycles. The van der Waals surface area contributed by atoms with Crippen molar-refractivity contribution < 1.29 is 4.79 Å². The number of carbonyl (C=O) groups is 1. The summed E-state index contributed by atoms with van der Waals surface area (Å²) in [7, 11) is 0. The number of hydrogen-bond acceptors (Lipinski definition) is 4. The molecule has 1 fully saturated rings. The number of amides is 1. The maximum Gasteiger partial charge on any atom is 0.261 e. The van der Waals surface area contributed by atoms with Crippen LogP contribution in [0.5, 0.6) is 0 Å². The van der Waals surface area contributed by atoms with Gasteiger partial charge in [-0.05, 0) is 37.5 Å². The maximum absolute atomic E-state index is 12.7. The molecule has 1 aliphatic heterocycles. The second-order valence-corrected chi connectivity index (χ2v) is 7.42. The van der Waals surface area contributed by atoms with Gasteiger partial charge in [-0.25, -0.2) is 4.98 Å². The fourth-order valence-electron chi connectivity index (χ4n) is 4.19. The summed E-state index contributed by atoms with van der Waals surface area (Å²) in [6.45, 7) is 0.716. The van der Waals surface area contributed by atoms with Gasteiger partial charge in [0.15, 0.2) is 0 Å². The van der Waals surface area contributed by atoms with E-state index in [0.29, 0.717) is 34.7 Å². The fraction of sp³-hybridized carbons (Fsp3) is 0.400. The summed E-state index contributed by atoms with van der Waals surface area (Å²) in [5.41, 5.74) is 1.78. The van der Waals surface area contributed by atoms with Crippen LogP contribution in [0.25, 0.3) is 10.9 Å². The number of hydrogen-bond donors (Lipinski definition) is 1. The van der Waals surface area contributed by atoms with Crippen LogP contribution >= 0.6 is 0 Å². The summed E-state index contributed by atoms with van der Waals surface area (Å²) >= 11 is 0. The molecule has 0 radical (unpaired) electrons. The van der Waals surface area contributed by atoms with Gasteiger partial charge in [0.2, 0.25) is 0 Å². The fourth-order valence-corrected chi connectivity index (χ4v) is 4.19. The number of carbonyl (C=O) groups excluding carboxylic acids is 1. The Labute approximate surface area is 156 Å². The molecule has 2 aliphatic rings. The smallest absolute Gasteiger partial charge is 0.261 e. The molecule has 1 amide bonds. The van der Waals surface area contributed by atoms with Crippen molar-refractivity contribution in [2.45, 2.75) is 51.1 Å². The van der Waals surface area contributed by atoms with E-state index in [1.165, 1.54) is 12.8 Å². The van der Waals surface area contributed by atoms with Crippen molar-refractivity contribution >= 4 is 22.5 Å². The summed E-state index contributed by atoms with van der Waals surface area (Å²) in [5, 5.41) is 7.78. The molecule has 1 aromatic carbocycles. The number of fused-ring (bicyclic) bond motifs is 2. The zero-order chi connectivity index (χ0) is 18.4. The van der Waals surface area contributed by atoms with Gasteiger partial charge in [0.1, 0.15) is 5.82 Å². The van der Waals surface area contributed by atoms with Crippen molar-refractivity contribution in [3.63, 3.8) is 0 Å². The Balaban J connectivity index is 1.41. The third-order valence-electron chi connectivity index (χ3n) is 5.64. The maximum atomic E-state index is 12.7. The molecule has 0 saturated heterocycles. The van der Waals surface area contributed by atoms with E-state index in [0.717, 1.165) is 31.5 Å². The van der Waals surface area contributed by atoms with Crippen LogP contribution in [-0.2, 0) is 13.0 Å². The third-order valence-corrected chi connectivity index (χ3v) is 5.64. The summed E-state index contributed by atoms with van der Waals surface area (Å²) in [6, 6.07) is 5.71. The monoisotopic (exact) mass is 363 g/mol. The molecule has 0 bridgehead atoms. The van der Waals surface area contributed by atoms with E-state index < -0.39 is 0 Å². The Morgan fingerprint density at radius 2 is 2.04 bits per heavy atom. The van der Waals surface area contributed by atoms with Gasteiger partial charge in [-0.2, -0.15) is 5.10 Å². The highest BCUT2D eigenvalue weighted by Gasteiger charge is 2.20. The molecule has 3 heterocycles. The highest BCUT2D eigenvalue weighted by Crippen LogP contribution is 2.29. The summed E-state index contributed by atoms with van der Waals surface area (Å²) in [4.78, 5) is 29.8. The van der Waals surface area contributed by atoms with E-state index in [1.54, 1.807) is 29.0 Å². The number of anilines is 1. The zero-order valence-corrected chi connectivity index (χ0v) is 15.0. The number of nitrogens with one attached hydrogen (secondary N) is 1. The van der Waals surface area contributed by atoms with Crippen LogP contribution in [0, 0.1) is 0 Å². The standard InChI is InChI=1S/C20H21N5O2/c26-19(13-11-21-25(12-13)15-4-1-2-5-15)22-14-7-8-17-16(10-14)20(27)24-9-3-6-18(24)23-17/h7-8,10-12,15H,1-6,9H2,(H,22,26). The summed E-state index contributed by atoms with van der Waals surface area (Å²) in [6.07, 6.45) is 9.89. The highest BCUT2D eigenvalue weighted by atomic mass is 16.1. The number of aryl methyl sites for hydroxylation is 1. The second kappa shape index (κ2) is 6.33. The van der Waals surface area contributed by atoms with Gasteiger partial charge < -0.3 is 5.32 Å². The van der Waals surface area contributed by atoms with Gasteiger partial charge in [-0.1, -0.05) is 12.8 Å². The van der Waals surface area contributed by atoms with Crippen LogP contribution in [0.2, 0.25) is 0 Å².